The number of nitrogens with zero attached hydrogens (tertiary/aromatic N) is 3. The van der Waals surface area contributed by atoms with Gasteiger partial charge in [-0.3, -0.25) is 4.79 Å². The van der Waals surface area contributed by atoms with Gasteiger partial charge in [0.25, 0.3) is 0 Å². The fourth-order valence-electron chi connectivity index (χ4n) is 5.66. The number of hydrogen-bond donors (Lipinski definition) is 1. The number of halogens is 1. The van der Waals surface area contributed by atoms with E-state index >= 15 is 0 Å². The van der Waals surface area contributed by atoms with E-state index in [0.717, 1.165) is 35.4 Å². The van der Waals surface area contributed by atoms with Gasteiger partial charge in [0.15, 0.2) is 0 Å². The van der Waals surface area contributed by atoms with Gasteiger partial charge in [0.1, 0.15) is 11.6 Å². The van der Waals surface area contributed by atoms with E-state index in [2.05, 4.69) is 9.71 Å². The molecule has 0 aliphatic heterocycles. The van der Waals surface area contributed by atoms with Gasteiger partial charge in [-0.25, -0.2) is 22.5 Å². The van der Waals surface area contributed by atoms with Gasteiger partial charge in [0, 0.05) is 37.1 Å². The van der Waals surface area contributed by atoms with Crippen LogP contribution in [0.25, 0.3) is 0 Å². The van der Waals surface area contributed by atoms with Crippen LogP contribution in [0.1, 0.15) is 53.7 Å². The zero-order valence-corrected chi connectivity index (χ0v) is 23.0. The summed E-state index contributed by atoms with van der Waals surface area (Å²) in [6.07, 6.45) is 6.64. The van der Waals surface area contributed by atoms with Crippen LogP contribution < -0.4 is 9.62 Å². The molecule has 40 heavy (non-hydrogen) atoms. The highest BCUT2D eigenvalue weighted by atomic mass is 32.2. The lowest BCUT2D eigenvalue weighted by Crippen LogP contribution is -2.34. The van der Waals surface area contributed by atoms with Gasteiger partial charge in [-0.05, 0) is 84.7 Å². The molecule has 4 aromatic rings. The van der Waals surface area contributed by atoms with E-state index in [9.17, 15) is 17.6 Å². The molecule has 0 unspecified atom stereocenters. The summed E-state index contributed by atoms with van der Waals surface area (Å²) >= 11 is 0. The lowest BCUT2D eigenvalue weighted by Gasteiger charge is -2.29. The summed E-state index contributed by atoms with van der Waals surface area (Å²) in [7, 11) is -1.82. The Labute approximate surface area is 233 Å². The molecule has 0 spiro atoms. The summed E-state index contributed by atoms with van der Waals surface area (Å²) in [6.45, 7) is 0.286. The van der Waals surface area contributed by atoms with Gasteiger partial charge in [-0.2, -0.15) is 0 Å². The minimum absolute atomic E-state index is 0.0190. The molecule has 206 valence electrons. The second kappa shape index (κ2) is 10.6. The zero-order valence-electron chi connectivity index (χ0n) is 22.2. The van der Waals surface area contributed by atoms with Crippen LogP contribution in [-0.2, 0) is 34.8 Å². The first-order valence-corrected chi connectivity index (χ1v) is 15.0. The average Bonchev–Trinajstić information content (AvgIpc) is 3.66. The Hall–Kier alpha value is -3.82. The molecule has 0 radical (unpaired) electrons. The molecule has 1 fully saturated rings. The predicted molar refractivity (Wildman–Crippen MR) is 151 cm³/mol. The second-order valence-corrected chi connectivity index (χ2v) is 12.4. The van der Waals surface area contributed by atoms with E-state index in [1.165, 1.54) is 12.1 Å². The van der Waals surface area contributed by atoms with E-state index in [1.807, 2.05) is 36.0 Å². The largest absolute Gasteiger partial charge is 0.337 e. The summed E-state index contributed by atoms with van der Waals surface area (Å²) in [4.78, 5) is 20.4. The number of carbonyl (C=O) groups is 1. The first kappa shape index (κ1) is 26.4. The molecule has 3 atom stereocenters. The van der Waals surface area contributed by atoms with Gasteiger partial charge < -0.3 is 9.47 Å². The second-order valence-electron chi connectivity index (χ2n) is 10.6. The summed E-state index contributed by atoms with van der Waals surface area (Å²) < 4.78 is 44.6. The number of imidazole rings is 1. The van der Waals surface area contributed by atoms with Crippen LogP contribution in [0.5, 0.6) is 0 Å². The highest BCUT2D eigenvalue weighted by Gasteiger charge is 2.46. The lowest BCUT2D eigenvalue weighted by atomic mass is 9.87. The number of fused-ring (bicyclic) bond motifs is 1. The normalized spacial score (nSPS) is 20.1. The van der Waals surface area contributed by atoms with E-state index in [-0.39, 0.29) is 35.0 Å². The third-order valence-corrected chi connectivity index (χ3v) is 9.49. The molecule has 0 saturated heterocycles. The maximum atomic E-state index is 14.0. The van der Waals surface area contributed by atoms with Crippen molar-refractivity contribution >= 4 is 21.6 Å². The quantitative estimate of drug-likeness (QED) is 0.320. The highest BCUT2D eigenvalue weighted by Crippen LogP contribution is 2.49. The van der Waals surface area contributed by atoms with E-state index in [4.69, 9.17) is 0 Å². The molecule has 1 aromatic heterocycles. The van der Waals surface area contributed by atoms with Crippen LogP contribution in [0.3, 0.4) is 0 Å². The molecule has 2 aliphatic carbocycles. The molecule has 3 aromatic carbocycles. The Morgan fingerprint density at radius 3 is 2.60 bits per heavy atom. The number of anilines is 1. The maximum absolute atomic E-state index is 14.0. The smallest absolute Gasteiger partial charge is 0.241 e. The third-order valence-electron chi connectivity index (χ3n) is 8.00. The third kappa shape index (κ3) is 5.31. The number of nitrogens with one attached hydrogen (secondary N) is 1. The topological polar surface area (TPSA) is 84.3 Å². The van der Waals surface area contributed by atoms with E-state index in [0.29, 0.717) is 18.5 Å². The maximum Gasteiger partial charge on any atom is 0.241 e. The molecule has 9 heteroatoms. The Kier molecular flexibility index (Phi) is 7.02. The van der Waals surface area contributed by atoms with Crippen LogP contribution >= 0.6 is 0 Å². The van der Waals surface area contributed by atoms with Gasteiger partial charge in [0.05, 0.1) is 11.4 Å². The number of aromatic nitrogens is 2. The highest BCUT2D eigenvalue weighted by molar-refractivity contribution is 7.89. The standard InChI is InChI=1S/C31H31FN4O3S/c1-35-17-16-33-30(35)20-36(31(37)28-19-26(28)22-10-13-23(32)14-11-22)24-15-12-21-6-5-9-29(27(21)18-24)34-40(38,39)25-7-3-2-4-8-25/h2-4,7-8,10-18,26,28-29,34H,5-6,9,19-20H2,1H3/t26-,28-,29-/m0/s1. The van der Waals surface area contributed by atoms with Crippen molar-refractivity contribution in [1.82, 2.24) is 14.3 Å². The molecule has 2 aliphatic rings. The molecule has 1 amide bonds. The summed E-state index contributed by atoms with van der Waals surface area (Å²) in [6, 6.07) is 20.3. The number of amides is 1. The molecule has 1 heterocycles. The molecular formula is C31H31FN4O3S. The van der Waals surface area contributed by atoms with E-state index in [1.54, 1.807) is 53.6 Å². The summed E-state index contributed by atoms with van der Waals surface area (Å²) in [5, 5.41) is 0. The van der Waals surface area contributed by atoms with Gasteiger partial charge in [-0.15, -0.1) is 0 Å². The van der Waals surface area contributed by atoms with Crippen LogP contribution in [0, 0.1) is 11.7 Å². The minimum Gasteiger partial charge on any atom is -0.337 e. The summed E-state index contributed by atoms with van der Waals surface area (Å²) in [5.74, 6) is 0.255. The van der Waals surface area contributed by atoms with Crippen LogP contribution in [-0.4, -0.2) is 23.9 Å². The van der Waals surface area contributed by atoms with E-state index < -0.39 is 16.1 Å². The van der Waals surface area contributed by atoms with Gasteiger partial charge in [0.2, 0.25) is 15.9 Å². The van der Waals surface area contributed by atoms with Gasteiger partial charge in [-0.1, -0.05) is 36.4 Å². The lowest BCUT2D eigenvalue weighted by molar-refractivity contribution is -0.120. The Morgan fingerprint density at radius 1 is 1.10 bits per heavy atom. The van der Waals surface area contributed by atoms with Crippen molar-refractivity contribution in [1.29, 1.82) is 0 Å². The number of benzene rings is 3. The molecule has 7 nitrogen and oxygen atoms in total. The Morgan fingerprint density at radius 2 is 1.88 bits per heavy atom. The van der Waals surface area contributed by atoms with Crippen LogP contribution in [0.2, 0.25) is 0 Å². The number of hydrogen-bond acceptors (Lipinski definition) is 4. The number of aryl methyl sites for hydroxylation is 2. The molecule has 6 rings (SSSR count). The fourth-order valence-corrected chi connectivity index (χ4v) is 6.94. The van der Waals surface area contributed by atoms with Crippen LogP contribution in [0.15, 0.2) is 90.1 Å². The average molecular weight is 559 g/mol. The fraction of sp³-hybridized carbons (Fsp3) is 0.290. The number of rotatable bonds is 8. The predicted octanol–water partition coefficient (Wildman–Crippen LogP) is 5.25. The monoisotopic (exact) mass is 558 g/mol. The van der Waals surface area contributed by atoms with Crippen molar-refractivity contribution in [3.8, 4) is 0 Å². The summed E-state index contributed by atoms with van der Waals surface area (Å²) in [5.41, 5.74) is 3.64. The van der Waals surface area contributed by atoms with Crippen LogP contribution in [0.4, 0.5) is 10.1 Å². The minimum atomic E-state index is -3.71. The number of sulfonamides is 1. The molecular weight excluding hydrogens is 527 g/mol. The first-order chi connectivity index (χ1) is 19.3. The van der Waals surface area contributed by atoms with Crippen molar-refractivity contribution in [3.05, 3.63) is 114 Å². The van der Waals surface area contributed by atoms with Crippen molar-refractivity contribution in [2.75, 3.05) is 4.90 Å². The van der Waals surface area contributed by atoms with Gasteiger partial charge >= 0.3 is 0 Å². The van der Waals surface area contributed by atoms with Crippen molar-refractivity contribution in [2.45, 2.75) is 49.1 Å². The molecule has 1 N–H and O–H groups in total. The first-order valence-electron chi connectivity index (χ1n) is 13.5. The van der Waals surface area contributed by atoms with Crippen molar-refractivity contribution in [2.24, 2.45) is 13.0 Å². The Balaban J connectivity index is 1.31. The number of carbonyl (C=O) groups excluding carboxylic acids is 1. The zero-order chi connectivity index (χ0) is 27.9. The van der Waals surface area contributed by atoms with Crippen molar-refractivity contribution in [3.63, 3.8) is 0 Å². The van der Waals surface area contributed by atoms with Crippen molar-refractivity contribution < 1.29 is 17.6 Å². The Bertz CT molecular complexity index is 1640. The molecule has 1 saturated carbocycles. The SMILES string of the molecule is Cn1ccnc1CN(C(=O)[C@H]1C[C@H]1c1ccc(F)cc1)c1ccc2c(c1)[C@@H](NS(=O)(=O)c1ccccc1)CCC2. The molecule has 0 bridgehead atoms.